The number of hydrogen-bond donors (Lipinski definition) is 0. The molecule has 0 bridgehead atoms. The zero-order chi connectivity index (χ0) is 18.1. The summed E-state index contributed by atoms with van der Waals surface area (Å²) in [5, 5.41) is 0. The first-order chi connectivity index (χ1) is 12.1. The topological polar surface area (TPSA) is 38.8 Å². The number of carbonyl (C=O) groups excluding carboxylic acids is 1. The summed E-state index contributed by atoms with van der Waals surface area (Å²) in [6, 6.07) is 6.30. The highest BCUT2D eigenvalue weighted by atomic mass is 35.5. The summed E-state index contributed by atoms with van der Waals surface area (Å²) in [7, 11) is 0. The molecular formula is C21H32ClNO3. The van der Waals surface area contributed by atoms with Crippen LogP contribution in [0, 0.1) is 12.8 Å². The van der Waals surface area contributed by atoms with Gasteiger partial charge < -0.3 is 14.4 Å². The third kappa shape index (κ3) is 7.00. The maximum absolute atomic E-state index is 11.8. The highest BCUT2D eigenvalue weighted by Crippen LogP contribution is 2.22. The van der Waals surface area contributed by atoms with E-state index >= 15 is 0 Å². The fourth-order valence-corrected chi connectivity index (χ4v) is 3.29. The van der Waals surface area contributed by atoms with Crippen molar-refractivity contribution in [2.75, 3.05) is 32.8 Å². The van der Waals surface area contributed by atoms with Crippen molar-refractivity contribution < 1.29 is 14.3 Å². The molecule has 1 aromatic rings. The smallest absolute Gasteiger partial charge is 0.309 e. The Morgan fingerprint density at radius 3 is 2.73 bits per heavy atom. The number of carbonyl (C=O) groups is 1. The molecule has 1 heterocycles. The average Bonchev–Trinajstić information content (AvgIpc) is 2.61. The lowest BCUT2D eigenvalue weighted by atomic mass is 9.97. The first-order valence-corrected chi connectivity index (χ1v) is 9.36. The van der Waals surface area contributed by atoms with Crippen LogP contribution in [0.2, 0.25) is 0 Å². The van der Waals surface area contributed by atoms with E-state index in [1.54, 1.807) is 0 Å². The second-order valence-electron chi connectivity index (χ2n) is 6.67. The van der Waals surface area contributed by atoms with Gasteiger partial charge in [-0.05, 0) is 64.3 Å². The molecule has 146 valence electrons. The van der Waals surface area contributed by atoms with E-state index in [0.29, 0.717) is 13.2 Å². The van der Waals surface area contributed by atoms with Gasteiger partial charge in [0.25, 0.3) is 0 Å². The van der Waals surface area contributed by atoms with Crippen LogP contribution in [-0.2, 0) is 16.0 Å². The molecule has 0 saturated carbocycles. The third-order valence-corrected chi connectivity index (χ3v) is 4.66. The number of halogens is 1. The number of allylic oxidation sites excluding steroid dienone is 1. The summed E-state index contributed by atoms with van der Waals surface area (Å²) < 4.78 is 11.1. The Labute approximate surface area is 164 Å². The number of piperidine rings is 1. The van der Waals surface area contributed by atoms with Gasteiger partial charge in [0.15, 0.2) is 0 Å². The number of hydrogen-bond acceptors (Lipinski definition) is 4. The predicted molar refractivity (Wildman–Crippen MR) is 108 cm³/mol. The number of benzene rings is 1. The maximum atomic E-state index is 11.8. The Hall–Kier alpha value is -1.52. The Morgan fingerprint density at radius 1 is 1.35 bits per heavy atom. The van der Waals surface area contributed by atoms with Gasteiger partial charge in [0.05, 0.1) is 19.1 Å². The molecule has 1 aromatic carbocycles. The van der Waals surface area contributed by atoms with Crippen molar-refractivity contribution in [3.63, 3.8) is 0 Å². The van der Waals surface area contributed by atoms with Gasteiger partial charge in [0.1, 0.15) is 5.75 Å². The van der Waals surface area contributed by atoms with Gasteiger partial charge in [-0.2, -0.15) is 0 Å². The van der Waals surface area contributed by atoms with Crippen molar-refractivity contribution in [3.8, 4) is 5.75 Å². The Morgan fingerprint density at radius 2 is 2.08 bits per heavy atom. The van der Waals surface area contributed by atoms with Crippen molar-refractivity contribution in [3.05, 3.63) is 42.0 Å². The molecule has 0 aliphatic carbocycles. The lowest BCUT2D eigenvalue weighted by molar-refractivity contribution is -0.149. The van der Waals surface area contributed by atoms with Crippen LogP contribution in [0.25, 0.3) is 0 Å². The summed E-state index contributed by atoms with van der Waals surface area (Å²) in [5.41, 5.74) is 2.44. The van der Waals surface area contributed by atoms with Gasteiger partial charge in [0, 0.05) is 6.54 Å². The lowest BCUT2D eigenvalue weighted by Gasteiger charge is -2.30. The van der Waals surface area contributed by atoms with Crippen molar-refractivity contribution in [1.82, 2.24) is 4.90 Å². The number of esters is 1. The van der Waals surface area contributed by atoms with Crippen molar-refractivity contribution in [1.29, 1.82) is 0 Å². The van der Waals surface area contributed by atoms with E-state index in [1.807, 2.05) is 13.0 Å². The van der Waals surface area contributed by atoms with Crippen LogP contribution >= 0.6 is 12.4 Å². The number of ether oxygens (including phenoxy) is 2. The van der Waals surface area contributed by atoms with E-state index in [9.17, 15) is 4.79 Å². The number of rotatable bonds is 9. The fraction of sp³-hybridized carbons (Fsp3) is 0.571. The van der Waals surface area contributed by atoms with Crippen molar-refractivity contribution in [2.45, 2.75) is 39.5 Å². The Bertz CT molecular complexity index is 568. The molecular weight excluding hydrogens is 350 g/mol. The molecule has 0 radical (unpaired) electrons. The van der Waals surface area contributed by atoms with Crippen LogP contribution in [0.4, 0.5) is 0 Å². The normalized spacial score (nSPS) is 15.2. The molecule has 0 spiro atoms. The Kier molecular flexibility index (Phi) is 10.4. The van der Waals surface area contributed by atoms with E-state index < -0.39 is 0 Å². The highest BCUT2D eigenvalue weighted by molar-refractivity contribution is 5.85. The predicted octanol–water partition coefficient (Wildman–Crippen LogP) is 4.19. The third-order valence-electron chi connectivity index (χ3n) is 4.66. The van der Waals surface area contributed by atoms with E-state index in [0.717, 1.165) is 51.1 Å². The summed E-state index contributed by atoms with van der Waals surface area (Å²) in [5.74, 6) is 1.02. The van der Waals surface area contributed by atoms with E-state index in [-0.39, 0.29) is 24.3 Å². The van der Waals surface area contributed by atoms with Gasteiger partial charge in [-0.1, -0.05) is 23.8 Å². The minimum Gasteiger partial charge on any atom is -0.493 e. The Balaban J connectivity index is 0.00000338. The second-order valence-corrected chi connectivity index (χ2v) is 6.67. The molecule has 26 heavy (non-hydrogen) atoms. The molecule has 1 aliphatic rings. The molecule has 0 unspecified atom stereocenters. The van der Waals surface area contributed by atoms with Crippen LogP contribution in [0.3, 0.4) is 0 Å². The standard InChI is InChI=1S/C21H31NO3.ClH/c1-4-7-19-16-17(3)8-9-20(19)25-15-6-12-22-13-10-18(11-14-22)21(23)24-5-2;/h4,8-9,16,18H,1,5-7,10-15H2,2-3H3;1H. The largest absolute Gasteiger partial charge is 0.493 e. The van der Waals surface area contributed by atoms with Gasteiger partial charge in [0.2, 0.25) is 0 Å². The van der Waals surface area contributed by atoms with Gasteiger partial charge in [-0.3, -0.25) is 4.79 Å². The molecule has 1 fully saturated rings. The molecule has 0 atom stereocenters. The summed E-state index contributed by atoms with van der Waals surface area (Å²) >= 11 is 0. The van der Waals surface area contributed by atoms with Gasteiger partial charge in [-0.25, -0.2) is 0 Å². The first-order valence-electron chi connectivity index (χ1n) is 9.36. The lowest BCUT2D eigenvalue weighted by Crippen LogP contribution is -2.37. The van der Waals surface area contributed by atoms with Crippen molar-refractivity contribution >= 4 is 18.4 Å². The number of likely N-dealkylation sites (tertiary alicyclic amines) is 1. The van der Waals surface area contributed by atoms with E-state index in [2.05, 4.69) is 36.6 Å². The van der Waals surface area contributed by atoms with Gasteiger partial charge >= 0.3 is 5.97 Å². The zero-order valence-corrected chi connectivity index (χ0v) is 16.9. The quantitative estimate of drug-likeness (QED) is 0.365. The SMILES string of the molecule is C=CCc1cc(C)ccc1OCCCN1CCC(C(=O)OCC)CC1.Cl. The highest BCUT2D eigenvalue weighted by Gasteiger charge is 2.25. The monoisotopic (exact) mass is 381 g/mol. The zero-order valence-electron chi connectivity index (χ0n) is 16.0. The number of nitrogens with zero attached hydrogens (tertiary/aromatic N) is 1. The van der Waals surface area contributed by atoms with Crippen LogP contribution in [0.15, 0.2) is 30.9 Å². The minimum atomic E-state index is -0.0281. The summed E-state index contributed by atoms with van der Waals surface area (Å²) in [4.78, 5) is 14.2. The molecule has 4 nitrogen and oxygen atoms in total. The van der Waals surface area contributed by atoms with Gasteiger partial charge in [-0.15, -0.1) is 19.0 Å². The maximum Gasteiger partial charge on any atom is 0.309 e. The van der Waals surface area contributed by atoms with Crippen LogP contribution in [-0.4, -0.2) is 43.7 Å². The fourth-order valence-electron chi connectivity index (χ4n) is 3.29. The van der Waals surface area contributed by atoms with E-state index in [4.69, 9.17) is 9.47 Å². The summed E-state index contributed by atoms with van der Waals surface area (Å²) in [6.07, 6.45) is 5.54. The van der Waals surface area contributed by atoms with Crippen LogP contribution in [0.5, 0.6) is 5.75 Å². The van der Waals surface area contributed by atoms with Crippen LogP contribution < -0.4 is 4.74 Å². The average molecular weight is 382 g/mol. The van der Waals surface area contributed by atoms with Crippen molar-refractivity contribution in [2.24, 2.45) is 5.92 Å². The molecule has 0 aromatic heterocycles. The minimum absolute atomic E-state index is 0. The number of aryl methyl sites for hydroxylation is 1. The molecule has 5 heteroatoms. The van der Waals surface area contributed by atoms with E-state index in [1.165, 1.54) is 11.1 Å². The first kappa shape index (κ1) is 22.5. The molecule has 0 N–H and O–H groups in total. The molecule has 2 rings (SSSR count). The molecule has 1 aliphatic heterocycles. The molecule has 1 saturated heterocycles. The summed E-state index contributed by atoms with van der Waals surface area (Å²) in [6.45, 7) is 11.9. The van der Waals surface area contributed by atoms with Crippen LogP contribution in [0.1, 0.15) is 37.3 Å². The second kappa shape index (κ2) is 12.0. The molecule has 0 amide bonds.